The molecule has 1 aliphatic rings. The van der Waals surface area contributed by atoms with Crippen LogP contribution in [0.25, 0.3) is 0 Å². The lowest BCUT2D eigenvalue weighted by Gasteiger charge is -2.39. The molecule has 1 aromatic rings. The van der Waals surface area contributed by atoms with Crippen LogP contribution in [0, 0.1) is 11.8 Å². The Bertz CT molecular complexity index is 452. The lowest BCUT2D eigenvalue weighted by atomic mass is 9.80. The van der Waals surface area contributed by atoms with Crippen molar-refractivity contribution >= 4 is 35.0 Å². The van der Waals surface area contributed by atoms with Gasteiger partial charge >= 0.3 is 0 Å². The Morgan fingerprint density at radius 2 is 1.95 bits per heavy atom. The normalized spacial score (nSPS) is 30.4. The number of halogens is 2. The molecule has 4 atom stereocenters. The van der Waals surface area contributed by atoms with E-state index in [9.17, 15) is 0 Å². The molecule has 0 saturated heterocycles. The van der Waals surface area contributed by atoms with E-state index in [0.717, 1.165) is 12.5 Å². The zero-order valence-electron chi connectivity index (χ0n) is 12.3. The quantitative estimate of drug-likeness (QED) is 0.781. The number of thioether (sulfide) groups is 1. The SMILES string of the molecule is CCNC1CC(C)CC(C)C1Sc1ccc(Cl)c(Cl)c1. The summed E-state index contributed by atoms with van der Waals surface area (Å²) in [5.41, 5.74) is 0. The number of nitrogens with one attached hydrogen (secondary N) is 1. The van der Waals surface area contributed by atoms with Crippen molar-refractivity contribution in [2.45, 2.75) is 49.8 Å². The van der Waals surface area contributed by atoms with E-state index in [1.165, 1.54) is 17.7 Å². The maximum Gasteiger partial charge on any atom is 0.0603 e. The van der Waals surface area contributed by atoms with Crippen molar-refractivity contribution in [1.29, 1.82) is 0 Å². The summed E-state index contributed by atoms with van der Waals surface area (Å²) in [7, 11) is 0. The van der Waals surface area contributed by atoms with Gasteiger partial charge in [-0.2, -0.15) is 0 Å². The number of rotatable bonds is 4. The van der Waals surface area contributed by atoms with Gasteiger partial charge < -0.3 is 5.32 Å². The molecule has 0 heterocycles. The van der Waals surface area contributed by atoms with Crippen LogP contribution in [0.5, 0.6) is 0 Å². The van der Waals surface area contributed by atoms with Crippen LogP contribution in [0.1, 0.15) is 33.6 Å². The summed E-state index contributed by atoms with van der Waals surface area (Å²) < 4.78 is 0. The van der Waals surface area contributed by atoms with Crippen molar-refractivity contribution in [2.24, 2.45) is 11.8 Å². The molecule has 1 fully saturated rings. The second-order valence-electron chi connectivity index (χ2n) is 5.88. The standard InChI is InChI=1S/C16H23Cl2NS/c1-4-19-15-8-10(2)7-11(3)16(15)20-12-5-6-13(17)14(18)9-12/h5-6,9-11,15-16,19H,4,7-8H2,1-3H3. The van der Waals surface area contributed by atoms with Crippen LogP contribution in [0.3, 0.4) is 0 Å². The van der Waals surface area contributed by atoms with Crippen LogP contribution >= 0.6 is 35.0 Å². The topological polar surface area (TPSA) is 12.0 Å². The van der Waals surface area contributed by atoms with Gasteiger partial charge in [0.15, 0.2) is 0 Å². The van der Waals surface area contributed by atoms with Gasteiger partial charge in [-0.25, -0.2) is 0 Å². The van der Waals surface area contributed by atoms with E-state index in [-0.39, 0.29) is 0 Å². The fourth-order valence-electron chi connectivity index (χ4n) is 3.20. The average Bonchev–Trinajstić information content (AvgIpc) is 2.38. The van der Waals surface area contributed by atoms with Crippen molar-refractivity contribution in [3.05, 3.63) is 28.2 Å². The third-order valence-electron chi connectivity index (χ3n) is 4.02. The molecule has 0 amide bonds. The summed E-state index contributed by atoms with van der Waals surface area (Å²) in [6.07, 6.45) is 2.57. The predicted molar refractivity (Wildman–Crippen MR) is 91.1 cm³/mol. The Balaban J connectivity index is 2.13. The van der Waals surface area contributed by atoms with E-state index >= 15 is 0 Å². The third kappa shape index (κ3) is 4.07. The van der Waals surface area contributed by atoms with Gasteiger partial charge in [0.1, 0.15) is 0 Å². The van der Waals surface area contributed by atoms with Crippen molar-refractivity contribution in [3.8, 4) is 0 Å². The molecule has 0 aliphatic heterocycles. The number of hydrogen-bond acceptors (Lipinski definition) is 2. The third-order valence-corrected chi connectivity index (χ3v) is 6.35. The molecule has 0 aromatic heterocycles. The van der Waals surface area contributed by atoms with E-state index in [4.69, 9.17) is 23.2 Å². The van der Waals surface area contributed by atoms with Crippen molar-refractivity contribution in [2.75, 3.05) is 6.54 Å². The molecule has 4 unspecified atom stereocenters. The van der Waals surface area contributed by atoms with Gasteiger partial charge in [-0.15, -0.1) is 11.8 Å². The molecular formula is C16H23Cl2NS. The van der Waals surface area contributed by atoms with Crippen molar-refractivity contribution in [3.63, 3.8) is 0 Å². The molecule has 0 bridgehead atoms. The zero-order chi connectivity index (χ0) is 14.7. The molecule has 2 rings (SSSR count). The monoisotopic (exact) mass is 331 g/mol. The Morgan fingerprint density at radius 1 is 1.20 bits per heavy atom. The summed E-state index contributed by atoms with van der Waals surface area (Å²) >= 11 is 14.1. The number of benzene rings is 1. The first-order chi connectivity index (χ1) is 9.51. The molecule has 1 nitrogen and oxygen atoms in total. The Labute approximate surface area is 136 Å². The highest BCUT2D eigenvalue weighted by molar-refractivity contribution is 8.00. The molecule has 1 saturated carbocycles. The first kappa shape index (κ1) is 16.5. The van der Waals surface area contributed by atoms with E-state index in [0.29, 0.717) is 27.3 Å². The maximum atomic E-state index is 6.13. The van der Waals surface area contributed by atoms with Crippen molar-refractivity contribution < 1.29 is 0 Å². The molecule has 1 N–H and O–H groups in total. The largest absolute Gasteiger partial charge is 0.313 e. The first-order valence-corrected chi connectivity index (χ1v) is 9.00. The van der Waals surface area contributed by atoms with E-state index in [1.807, 2.05) is 23.9 Å². The molecule has 1 aromatic carbocycles. The van der Waals surface area contributed by atoms with Gasteiger partial charge in [0.05, 0.1) is 10.0 Å². The average molecular weight is 332 g/mol. The molecule has 0 spiro atoms. The molecule has 112 valence electrons. The summed E-state index contributed by atoms with van der Waals surface area (Å²) in [6.45, 7) is 7.95. The molecular weight excluding hydrogens is 309 g/mol. The lowest BCUT2D eigenvalue weighted by Crippen LogP contribution is -2.46. The van der Waals surface area contributed by atoms with Gasteiger partial charge in [-0.05, 0) is 49.4 Å². The lowest BCUT2D eigenvalue weighted by molar-refractivity contribution is 0.251. The zero-order valence-corrected chi connectivity index (χ0v) is 14.7. The van der Waals surface area contributed by atoms with Crippen LogP contribution in [0.4, 0.5) is 0 Å². The van der Waals surface area contributed by atoms with Crippen LogP contribution in [-0.2, 0) is 0 Å². The smallest absolute Gasteiger partial charge is 0.0603 e. The first-order valence-electron chi connectivity index (χ1n) is 7.36. The Hall–Kier alpha value is 0.110. The van der Waals surface area contributed by atoms with E-state index in [1.54, 1.807) is 0 Å². The fourth-order valence-corrected chi connectivity index (χ4v) is 4.92. The van der Waals surface area contributed by atoms with Crippen LogP contribution in [0.15, 0.2) is 23.1 Å². The summed E-state index contributed by atoms with van der Waals surface area (Å²) in [5, 5.41) is 5.54. The molecule has 4 heteroatoms. The second kappa shape index (κ2) is 7.40. The van der Waals surface area contributed by atoms with Crippen molar-refractivity contribution in [1.82, 2.24) is 5.32 Å². The number of hydrogen-bond donors (Lipinski definition) is 1. The fraction of sp³-hybridized carbons (Fsp3) is 0.625. The molecule has 1 aliphatic carbocycles. The summed E-state index contributed by atoms with van der Waals surface area (Å²) in [6, 6.07) is 6.54. The summed E-state index contributed by atoms with van der Waals surface area (Å²) in [4.78, 5) is 1.22. The van der Waals surface area contributed by atoms with Crippen LogP contribution in [0.2, 0.25) is 10.0 Å². The van der Waals surface area contributed by atoms with Gasteiger partial charge in [-0.1, -0.05) is 44.0 Å². The van der Waals surface area contributed by atoms with Crippen LogP contribution < -0.4 is 5.32 Å². The second-order valence-corrected chi connectivity index (χ2v) is 7.94. The minimum Gasteiger partial charge on any atom is -0.313 e. The Morgan fingerprint density at radius 3 is 2.60 bits per heavy atom. The highest BCUT2D eigenvalue weighted by Crippen LogP contribution is 2.40. The van der Waals surface area contributed by atoms with E-state index in [2.05, 4.69) is 32.2 Å². The maximum absolute atomic E-state index is 6.13. The predicted octanol–water partition coefficient (Wildman–Crippen LogP) is 5.50. The van der Waals surface area contributed by atoms with E-state index < -0.39 is 0 Å². The van der Waals surface area contributed by atoms with Crippen LogP contribution in [-0.4, -0.2) is 17.8 Å². The van der Waals surface area contributed by atoms with Gasteiger partial charge in [0, 0.05) is 16.2 Å². The summed E-state index contributed by atoms with van der Waals surface area (Å²) in [5.74, 6) is 1.52. The Kier molecular flexibility index (Phi) is 6.09. The van der Waals surface area contributed by atoms with Gasteiger partial charge in [-0.3, -0.25) is 0 Å². The van der Waals surface area contributed by atoms with Gasteiger partial charge in [0.25, 0.3) is 0 Å². The van der Waals surface area contributed by atoms with Gasteiger partial charge in [0.2, 0.25) is 0 Å². The molecule has 20 heavy (non-hydrogen) atoms. The highest BCUT2D eigenvalue weighted by Gasteiger charge is 2.34. The minimum absolute atomic E-state index is 0.582. The molecule has 0 radical (unpaired) electrons. The highest BCUT2D eigenvalue weighted by atomic mass is 35.5. The minimum atomic E-state index is 0.582.